The zero-order valence-electron chi connectivity index (χ0n) is 22.5. The lowest BCUT2D eigenvalue weighted by Crippen LogP contribution is -2.35. The van der Waals surface area contributed by atoms with Crippen molar-refractivity contribution in [2.24, 2.45) is 5.92 Å². The Morgan fingerprint density at radius 3 is 2.38 bits per heavy atom. The molecule has 7 heteroatoms. The fourth-order valence-corrected chi connectivity index (χ4v) is 4.11. The Morgan fingerprint density at radius 2 is 1.76 bits per heavy atom. The molecule has 1 N–H and O–H groups in total. The van der Waals surface area contributed by atoms with Crippen LogP contribution in [-0.4, -0.2) is 28.8 Å². The number of fused-ring (bicyclic) bond motifs is 1. The molecule has 196 valence electrons. The average Bonchev–Trinajstić information content (AvgIpc) is 2.82. The van der Waals surface area contributed by atoms with E-state index in [-0.39, 0.29) is 18.0 Å². The predicted octanol–water partition coefficient (Wildman–Crippen LogP) is 5.93. The molecule has 0 radical (unpaired) electrons. The van der Waals surface area contributed by atoms with E-state index in [4.69, 9.17) is 9.47 Å². The van der Waals surface area contributed by atoms with E-state index in [1.807, 2.05) is 56.3 Å². The summed E-state index contributed by atoms with van der Waals surface area (Å²) in [5.41, 5.74) is 2.42. The van der Waals surface area contributed by atoms with E-state index in [1.165, 1.54) is 6.08 Å². The van der Waals surface area contributed by atoms with Gasteiger partial charge in [0.15, 0.2) is 0 Å². The van der Waals surface area contributed by atoms with Crippen LogP contribution in [0, 0.1) is 5.92 Å². The van der Waals surface area contributed by atoms with Gasteiger partial charge in [-0.05, 0) is 68.3 Å². The molecule has 0 aliphatic carbocycles. The van der Waals surface area contributed by atoms with Crippen molar-refractivity contribution in [1.29, 1.82) is 0 Å². The van der Waals surface area contributed by atoms with Gasteiger partial charge in [-0.3, -0.25) is 4.79 Å². The molecule has 0 bridgehead atoms. The van der Waals surface area contributed by atoms with Crippen LogP contribution in [0.3, 0.4) is 0 Å². The van der Waals surface area contributed by atoms with Gasteiger partial charge in [-0.15, -0.1) is 0 Å². The Hall–Kier alpha value is -3.87. The Labute approximate surface area is 218 Å². The molecule has 0 aliphatic heterocycles. The number of carbonyl (C=O) groups excluding carboxylic acids is 2. The highest BCUT2D eigenvalue weighted by Crippen LogP contribution is 2.32. The van der Waals surface area contributed by atoms with Gasteiger partial charge in [0.2, 0.25) is 0 Å². The van der Waals surface area contributed by atoms with Crippen molar-refractivity contribution in [3.8, 4) is 11.1 Å². The standard InChI is InChI=1S/C30H36N2O5/c1-7-36-26(33)16-14-21-13-15-23-24(17-21)27(22-11-9-8-10-12-22)25(32(28(23)34)19-20(2)3)18-31-29(35)37-30(4,5)6/h8-17,20H,7,18-19H2,1-6H3,(H,31,35). The minimum Gasteiger partial charge on any atom is -0.463 e. The number of nitrogens with one attached hydrogen (secondary N) is 1. The zero-order chi connectivity index (χ0) is 27.2. The molecule has 0 saturated carbocycles. The van der Waals surface area contributed by atoms with Crippen LogP contribution in [0.5, 0.6) is 0 Å². The summed E-state index contributed by atoms with van der Waals surface area (Å²) >= 11 is 0. The second kappa shape index (κ2) is 11.9. The topological polar surface area (TPSA) is 86.6 Å². The minimum absolute atomic E-state index is 0.111. The molecule has 37 heavy (non-hydrogen) atoms. The minimum atomic E-state index is -0.645. The monoisotopic (exact) mass is 504 g/mol. The Morgan fingerprint density at radius 1 is 1.05 bits per heavy atom. The number of carbonyl (C=O) groups is 2. The molecule has 0 spiro atoms. The third kappa shape index (κ3) is 7.32. The van der Waals surface area contributed by atoms with Crippen molar-refractivity contribution in [3.05, 3.63) is 76.2 Å². The maximum Gasteiger partial charge on any atom is 0.407 e. The van der Waals surface area contributed by atoms with Crippen molar-refractivity contribution >= 4 is 28.9 Å². The summed E-state index contributed by atoms with van der Waals surface area (Å²) in [6.45, 7) is 12.2. The van der Waals surface area contributed by atoms with Crippen LogP contribution in [-0.2, 0) is 27.4 Å². The van der Waals surface area contributed by atoms with E-state index in [0.29, 0.717) is 24.2 Å². The molecule has 2 aromatic carbocycles. The molecular weight excluding hydrogens is 468 g/mol. The number of hydrogen-bond donors (Lipinski definition) is 1. The smallest absolute Gasteiger partial charge is 0.407 e. The summed E-state index contributed by atoms with van der Waals surface area (Å²) in [5.74, 6) is -0.230. The second-order valence-corrected chi connectivity index (χ2v) is 10.2. The lowest BCUT2D eigenvalue weighted by atomic mass is 9.94. The summed E-state index contributed by atoms with van der Waals surface area (Å²) in [7, 11) is 0. The number of hydrogen-bond acceptors (Lipinski definition) is 5. The van der Waals surface area contributed by atoms with Gasteiger partial charge in [0.05, 0.1) is 13.2 Å². The molecule has 1 heterocycles. The fourth-order valence-electron chi connectivity index (χ4n) is 4.11. The van der Waals surface area contributed by atoms with Gasteiger partial charge in [0, 0.05) is 29.3 Å². The van der Waals surface area contributed by atoms with Crippen molar-refractivity contribution < 1.29 is 19.1 Å². The molecule has 7 nitrogen and oxygen atoms in total. The molecule has 3 aromatic rings. The Kier molecular flexibility index (Phi) is 8.92. The highest BCUT2D eigenvalue weighted by atomic mass is 16.6. The Bertz CT molecular complexity index is 1350. The molecule has 0 aliphatic rings. The van der Waals surface area contributed by atoms with E-state index in [1.54, 1.807) is 44.4 Å². The largest absolute Gasteiger partial charge is 0.463 e. The van der Waals surface area contributed by atoms with E-state index >= 15 is 0 Å². The van der Waals surface area contributed by atoms with Crippen molar-refractivity contribution in [2.75, 3.05) is 6.61 Å². The summed E-state index contributed by atoms with van der Waals surface area (Å²) in [5, 5.41) is 4.15. The summed E-state index contributed by atoms with van der Waals surface area (Å²) in [6.07, 6.45) is 2.49. The van der Waals surface area contributed by atoms with Crippen LogP contribution in [0.4, 0.5) is 4.79 Å². The first-order valence-corrected chi connectivity index (χ1v) is 12.6. The predicted molar refractivity (Wildman–Crippen MR) is 147 cm³/mol. The van der Waals surface area contributed by atoms with E-state index in [2.05, 4.69) is 5.32 Å². The third-order valence-corrected chi connectivity index (χ3v) is 5.51. The van der Waals surface area contributed by atoms with E-state index < -0.39 is 17.7 Å². The number of benzene rings is 2. The average molecular weight is 505 g/mol. The van der Waals surface area contributed by atoms with E-state index in [0.717, 1.165) is 22.1 Å². The first-order valence-electron chi connectivity index (χ1n) is 12.6. The number of rotatable bonds is 8. The normalized spacial score (nSPS) is 11.8. The van der Waals surface area contributed by atoms with Gasteiger partial charge in [0.25, 0.3) is 5.56 Å². The first-order chi connectivity index (χ1) is 17.5. The Balaban J connectivity index is 2.25. The van der Waals surface area contributed by atoms with Gasteiger partial charge >= 0.3 is 12.1 Å². The summed E-state index contributed by atoms with van der Waals surface area (Å²) < 4.78 is 12.2. The van der Waals surface area contributed by atoms with Crippen molar-refractivity contribution in [1.82, 2.24) is 9.88 Å². The lowest BCUT2D eigenvalue weighted by molar-refractivity contribution is -0.137. The highest BCUT2D eigenvalue weighted by Gasteiger charge is 2.21. The maximum atomic E-state index is 13.7. The molecule has 0 saturated heterocycles. The fraction of sp³-hybridized carbons (Fsp3) is 0.367. The lowest BCUT2D eigenvalue weighted by Gasteiger charge is -2.23. The summed E-state index contributed by atoms with van der Waals surface area (Å²) in [4.78, 5) is 38.1. The summed E-state index contributed by atoms with van der Waals surface area (Å²) in [6, 6.07) is 15.3. The number of alkyl carbamates (subject to hydrolysis) is 1. The molecule has 1 aromatic heterocycles. The van der Waals surface area contributed by atoms with Crippen LogP contribution in [0.15, 0.2) is 59.4 Å². The number of amides is 1. The first kappa shape index (κ1) is 27.7. The van der Waals surface area contributed by atoms with Crippen LogP contribution in [0.2, 0.25) is 0 Å². The van der Waals surface area contributed by atoms with Crippen molar-refractivity contribution in [2.45, 2.75) is 60.2 Å². The van der Waals surface area contributed by atoms with Crippen LogP contribution in [0.1, 0.15) is 52.8 Å². The van der Waals surface area contributed by atoms with Gasteiger partial charge < -0.3 is 19.4 Å². The third-order valence-electron chi connectivity index (χ3n) is 5.51. The van der Waals surface area contributed by atoms with Gasteiger partial charge in [-0.25, -0.2) is 9.59 Å². The number of esters is 1. The van der Waals surface area contributed by atoms with Gasteiger partial charge in [-0.2, -0.15) is 0 Å². The SMILES string of the molecule is CCOC(=O)C=Cc1ccc2c(=O)n(CC(C)C)c(CNC(=O)OC(C)(C)C)c(-c3ccccc3)c2c1. The molecule has 0 atom stereocenters. The number of ether oxygens (including phenoxy) is 2. The number of pyridine rings is 1. The highest BCUT2D eigenvalue weighted by molar-refractivity contribution is 5.99. The van der Waals surface area contributed by atoms with Crippen molar-refractivity contribution in [3.63, 3.8) is 0 Å². The second-order valence-electron chi connectivity index (χ2n) is 10.2. The van der Waals surface area contributed by atoms with Crippen LogP contribution >= 0.6 is 0 Å². The molecule has 1 amide bonds. The maximum absolute atomic E-state index is 13.7. The van der Waals surface area contributed by atoms with E-state index in [9.17, 15) is 14.4 Å². The molecule has 3 rings (SSSR count). The number of nitrogens with zero attached hydrogens (tertiary/aromatic N) is 1. The molecule has 0 unspecified atom stereocenters. The van der Waals surface area contributed by atoms with Crippen LogP contribution in [0.25, 0.3) is 28.0 Å². The zero-order valence-corrected chi connectivity index (χ0v) is 22.5. The quantitative estimate of drug-likeness (QED) is 0.304. The van der Waals surface area contributed by atoms with Gasteiger partial charge in [-0.1, -0.05) is 50.2 Å². The van der Waals surface area contributed by atoms with Crippen LogP contribution < -0.4 is 10.9 Å². The molecule has 0 fully saturated rings. The number of aromatic nitrogens is 1. The van der Waals surface area contributed by atoms with Gasteiger partial charge in [0.1, 0.15) is 5.60 Å². The molecular formula is C30H36N2O5.